The molecule has 19 heavy (non-hydrogen) atoms. The van der Waals surface area contributed by atoms with Crippen molar-refractivity contribution < 1.29 is 9.59 Å². The summed E-state index contributed by atoms with van der Waals surface area (Å²) in [5.41, 5.74) is -0.242. The van der Waals surface area contributed by atoms with Crippen molar-refractivity contribution in [2.24, 2.45) is 5.92 Å². The zero-order valence-electron chi connectivity index (χ0n) is 10.4. The van der Waals surface area contributed by atoms with Gasteiger partial charge in [-0.15, -0.1) is 0 Å². The lowest BCUT2D eigenvalue weighted by molar-refractivity contribution is -0.125. The number of hydrogen-bond donors (Lipinski definition) is 1. The number of nitrogens with one attached hydrogen (secondary N) is 1. The molecule has 1 amide bonds. The van der Waals surface area contributed by atoms with Gasteiger partial charge in [-0.05, 0) is 49.4 Å². The van der Waals surface area contributed by atoms with Gasteiger partial charge in [0.2, 0.25) is 5.91 Å². The van der Waals surface area contributed by atoms with Crippen LogP contribution in [-0.2, 0) is 9.59 Å². The predicted octanol–water partition coefficient (Wildman–Crippen LogP) is 2.94. The summed E-state index contributed by atoms with van der Waals surface area (Å²) in [6, 6.07) is 4.86. The average molecular weight is 298 g/mol. The van der Waals surface area contributed by atoms with Gasteiger partial charge < -0.3 is 5.32 Å². The number of hydrogen-bond acceptors (Lipinski definition) is 2. The summed E-state index contributed by atoms with van der Waals surface area (Å²) in [6.07, 6.45) is 1.97. The molecule has 5 heteroatoms. The van der Waals surface area contributed by atoms with Gasteiger partial charge in [0.15, 0.2) is 5.78 Å². The molecule has 0 aromatic heterocycles. The molecule has 1 saturated carbocycles. The summed E-state index contributed by atoms with van der Waals surface area (Å²) in [7, 11) is 0. The zero-order valence-corrected chi connectivity index (χ0v) is 11.9. The van der Waals surface area contributed by atoms with Crippen molar-refractivity contribution in [2.75, 3.05) is 0 Å². The van der Waals surface area contributed by atoms with Crippen LogP contribution in [-0.4, -0.2) is 17.2 Å². The van der Waals surface area contributed by atoms with Crippen LogP contribution in [0.2, 0.25) is 10.0 Å². The highest BCUT2D eigenvalue weighted by atomic mass is 35.5. The second kappa shape index (κ2) is 4.22. The van der Waals surface area contributed by atoms with Crippen LogP contribution in [0.5, 0.6) is 0 Å². The van der Waals surface area contributed by atoms with E-state index in [1.807, 2.05) is 6.92 Å². The molecule has 1 aromatic rings. The fourth-order valence-electron chi connectivity index (χ4n) is 2.79. The van der Waals surface area contributed by atoms with Crippen LogP contribution in [0.15, 0.2) is 18.2 Å². The molecule has 1 aliphatic heterocycles. The van der Waals surface area contributed by atoms with E-state index in [0.717, 1.165) is 12.8 Å². The number of benzene rings is 1. The molecule has 2 atom stereocenters. The van der Waals surface area contributed by atoms with Gasteiger partial charge >= 0.3 is 0 Å². The Balaban J connectivity index is 2.03. The van der Waals surface area contributed by atoms with Crippen LogP contribution >= 0.6 is 23.2 Å². The second-order valence-electron chi connectivity index (χ2n) is 5.43. The zero-order chi connectivity index (χ0) is 13.8. The summed E-state index contributed by atoms with van der Waals surface area (Å²) < 4.78 is 0. The summed E-state index contributed by atoms with van der Waals surface area (Å²) in [5, 5.41) is 3.72. The summed E-state index contributed by atoms with van der Waals surface area (Å²) in [6.45, 7) is 1.81. The average Bonchev–Trinajstić information content (AvgIpc) is 3.14. The van der Waals surface area contributed by atoms with Crippen LogP contribution in [0.4, 0.5) is 0 Å². The maximum absolute atomic E-state index is 12.6. The SMILES string of the molecule is CC1(C2CC2)NC(=O)C(c2cc(Cl)ccc2Cl)C1=O. The molecular weight excluding hydrogens is 285 g/mol. The first-order chi connectivity index (χ1) is 8.93. The quantitative estimate of drug-likeness (QED) is 0.853. The van der Waals surface area contributed by atoms with Crippen LogP contribution < -0.4 is 5.32 Å². The third kappa shape index (κ3) is 1.96. The normalized spacial score (nSPS) is 30.6. The van der Waals surface area contributed by atoms with Crippen LogP contribution in [0.1, 0.15) is 31.2 Å². The molecule has 3 nitrogen and oxygen atoms in total. The highest BCUT2D eigenvalue weighted by Crippen LogP contribution is 2.46. The van der Waals surface area contributed by atoms with Gasteiger partial charge in [-0.2, -0.15) is 0 Å². The van der Waals surface area contributed by atoms with Gasteiger partial charge in [0.05, 0.1) is 5.54 Å². The van der Waals surface area contributed by atoms with Crippen LogP contribution in [0.3, 0.4) is 0 Å². The number of amides is 1. The lowest BCUT2D eigenvalue weighted by Gasteiger charge is -2.21. The molecule has 2 unspecified atom stereocenters. The third-order valence-corrected chi connectivity index (χ3v) is 4.66. The topological polar surface area (TPSA) is 46.2 Å². The van der Waals surface area contributed by atoms with E-state index in [9.17, 15) is 9.59 Å². The first kappa shape index (κ1) is 12.9. The van der Waals surface area contributed by atoms with Crippen LogP contribution in [0.25, 0.3) is 0 Å². The lowest BCUT2D eigenvalue weighted by atomic mass is 9.85. The number of ketones is 1. The largest absolute Gasteiger partial charge is 0.343 e. The molecule has 2 aliphatic rings. The minimum absolute atomic E-state index is 0.0934. The van der Waals surface area contributed by atoms with Gasteiger partial charge in [0, 0.05) is 10.0 Å². The number of carbonyl (C=O) groups excluding carboxylic acids is 2. The van der Waals surface area contributed by atoms with Gasteiger partial charge in [-0.25, -0.2) is 0 Å². The fraction of sp³-hybridized carbons (Fsp3) is 0.429. The minimum Gasteiger partial charge on any atom is -0.343 e. The number of carbonyl (C=O) groups is 2. The molecule has 0 radical (unpaired) electrons. The molecule has 0 bridgehead atoms. The molecule has 0 spiro atoms. The maximum atomic E-state index is 12.6. The Morgan fingerprint density at radius 2 is 1.95 bits per heavy atom. The smallest absolute Gasteiger partial charge is 0.236 e. The molecule has 1 saturated heterocycles. The number of Topliss-reactive ketones (excluding diaryl/α,β-unsaturated/α-hetero) is 1. The monoisotopic (exact) mass is 297 g/mol. The van der Waals surface area contributed by atoms with Gasteiger partial charge in [-0.1, -0.05) is 23.2 Å². The summed E-state index contributed by atoms with van der Waals surface area (Å²) >= 11 is 12.0. The Bertz CT molecular complexity index is 583. The Labute approximate surface area is 121 Å². The van der Waals surface area contributed by atoms with E-state index in [2.05, 4.69) is 5.32 Å². The minimum atomic E-state index is -0.836. The van der Waals surface area contributed by atoms with Crippen molar-refractivity contribution in [1.82, 2.24) is 5.32 Å². The van der Waals surface area contributed by atoms with Crippen molar-refractivity contribution >= 4 is 34.9 Å². The van der Waals surface area contributed by atoms with E-state index < -0.39 is 11.5 Å². The first-order valence-corrected chi connectivity index (χ1v) is 7.00. The Hall–Kier alpha value is -1.06. The van der Waals surface area contributed by atoms with Crippen molar-refractivity contribution in [3.05, 3.63) is 33.8 Å². The molecule has 100 valence electrons. The molecule has 1 aromatic carbocycles. The van der Waals surface area contributed by atoms with Gasteiger partial charge in [-0.3, -0.25) is 9.59 Å². The fourth-order valence-corrected chi connectivity index (χ4v) is 3.20. The highest BCUT2D eigenvalue weighted by molar-refractivity contribution is 6.34. The molecular formula is C14H13Cl2NO2. The Kier molecular flexibility index (Phi) is 2.88. The van der Waals surface area contributed by atoms with E-state index in [1.54, 1.807) is 18.2 Å². The first-order valence-electron chi connectivity index (χ1n) is 6.25. The second-order valence-corrected chi connectivity index (χ2v) is 6.27. The maximum Gasteiger partial charge on any atom is 0.236 e. The van der Waals surface area contributed by atoms with Crippen molar-refractivity contribution in [3.63, 3.8) is 0 Å². The Morgan fingerprint density at radius 3 is 2.58 bits per heavy atom. The summed E-state index contributed by atoms with van der Waals surface area (Å²) in [5.74, 6) is -0.948. The van der Waals surface area contributed by atoms with Crippen molar-refractivity contribution in [2.45, 2.75) is 31.2 Å². The molecule has 1 aliphatic carbocycles. The predicted molar refractivity (Wildman–Crippen MR) is 73.5 cm³/mol. The van der Waals surface area contributed by atoms with Gasteiger partial charge in [0.1, 0.15) is 5.92 Å². The summed E-state index contributed by atoms with van der Waals surface area (Å²) in [4.78, 5) is 24.8. The van der Waals surface area contributed by atoms with E-state index in [0.29, 0.717) is 15.6 Å². The Morgan fingerprint density at radius 1 is 1.26 bits per heavy atom. The molecule has 1 heterocycles. The highest BCUT2D eigenvalue weighted by Gasteiger charge is 2.57. The van der Waals surface area contributed by atoms with E-state index in [1.165, 1.54) is 0 Å². The molecule has 1 N–H and O–H groups in total. The third-order valence-electron chi connectivity index (χ3n) is 4.08. The van der Waals surface area contributed by atoms with E-state index >= 15 is 0 Å². The van der Waals surface area contributed by atoms with Crippen LogP contribution in [0, 0.1) is 5.92 Å². The number of rotatable bonds is 2. The van der Waals surface area contributed by atoms with Crippen molar-refractivity contribution in [3.8, 4) is 0 Å². The van der Waals surface area contributed by atoms with Crippen molar-refractivity contribution in [1.29, 1.82) is 0 Å². The van der Waals surface area contributed by atoms with E-state index in [-0.39, 0.29) is 17.6 Å². The number of halogens is 2. The lowest BCUT2D eigenvalue weighted by Crippen LogP contribution is -2.45. The molecule has 3 rings (SSSR count). The standard InChI is InChI=1S/C14H13Cl2NO2/c1-14(7-2-3-7)12(18)11(13(19)17-14)9-6-8(15)4-5-10(9)16/h4-7,11H,2-3H2,1H3,(H,17,19). The van der Waals surface area contributed by atoms with Gasteiger partial charge in [0.25, 0.3) is 0 Å². The molecule has 2 fully saturated rings. The van der Waals surface area contributed by atoms with E-state index in [4.69, 9.17) is 23.2 Å².